The maximum absolute atomic E-state index is 13.4. The lowest BCUT2D eigenvalue weighted by atomic mass is 9.96. The van der Waals surface area contributed by atoms with Gasteiger partial charge in [0, 0.05) is 27.4 Å². The van der Waals surface area contributed by atoms with Gasteiger partial charge in [-0.05, 0) is 33.6 Å². The van der Waals surface area contributed by atoms with Crippen molar-refractivity contribution < 1.29 is 67.0 Å². The van der Waals surface area contributed by atoms with Gasteiger partial charge in [-0.2, -0.15) is 0 Å². The van der Waals surface area contributed by atoms with Crippen LogP contribution in [0.25, 0.3) is 0 Å². The van der Waals surface area contributed by atoms with Gasteiger partial charge in [-0.1, -0.05) is 5.21 Å². The van der Waals surface area contributed by atoms with Gasteiger partial charge in [-0.15, -0.1) is 5.10 Å². The highest BCUT2D eigenvalue weighted by Gasteiger charge is 2.56. The lowest BCUT2D eigenvalue weighted by molar-refractivity contribution is -0.265. The normalized spacial score (nSPS) is 22.1. The summed E-state index contributed by atoms with van der Waals surface area (Å²) in [5.74, 6) is -4.84. The van der Waals surface area contributed by atoms with Crippen LogP contribution in [0.15, 0.2) is 6.20 Å². The third-order valence-electron chi connectivity index (χ3n) is 5.63. The molecule has 246 valence electrons. The van der Waals surface area contributed by atoms with E-state index in [1.54, 1.807) is 20.8 Å². The van der Waals surface area contributed by atoms with E-state index in [0.29, 0.717) is 18.5 Å². The molecule has 0 saturated carbocycles. The number of esters is 5. The van der Waals surface area contributed by atoms with Crippen molar-refractivity contribution in [2.24, 2.45) is 0 Å². The van der Waals surface area contributed by atoms with Crippen LogP contribution in [0, 0.1) is 0 Å². The number of carbonyl (C=O) groups excluding carboxylic acids is 6. The first kappa shape index (κ1) is 35.9. The van der Waals surface area contributed by atoms with E-state index < -0.39 is 84.8 Å². The van der Waals surface area contributed by atoms with Crippen LogP contribution in [0.5, 0.6) is 0 Å². The highest BCUT2D eigenvalue weighted by molar-refractivity contribution is 5.82. The number of hydrogen-bond donors (Lipinski definition) is 2. The predicted octanol–water partition coefficient (Wildman–Crippen LogP) is -0.495. The Morgan fingerprint density at radius 1 is 1.00 bits per heavy atom. The van der Waals surface area contributed by atoms with E-state index in [1.807, 2.05) is 0 Å². The van der Waals surface area contributed by atoms with Crippen molar-refractivity contribution in [3.05, 3.63) is 11.9 Å². The average molecular weight is 631 g/mol. The van der Waals surface area contributed by atoms with Crippen LogP contribution < -0.4 is 5.32 Å². The molecule has 0 bridgehead atoms. The quantitative estimate of drug-likeness (QED) is 0.219. The second-order valence-corrected chi connectivity index (χ2v) is 10.5. The molecule has 1 aromatic rings. The topological polar surface area (TPSA) is 230 Å². The first-order chi connectivity index (χ1) is 20.6. The number of aliphatic hydroxyl groups excluding tert-OH is 1. The molecule has 1 aromatic heterocycles. The summed E-state index contributed by atoms with van der Waals surface area (Å²) < 4.78 is 38.2. The summed E-state index contributed by atoms with van der Waals surface area (Å²) in [6, 6.07) is -1.52. The number of alkyl carbamates (subject to hydrolysis) is 1. The van der Waals surface area contributed by atoms with E-state index in [4.69, 9.17) is 33.5 Å². The number of nitrogens with one attached hydrogen (secondary N) is 1. The largest absolute Gasteiger partial charge is 0.467 e. The maximum atomic E-state index is 13.4. The van der Waals surface area contributed by atoms with E-state index in [9.17, 15) is 28.8 Å². The lowest BCUT2D eigenvalue weighted by Gasteiger charge is -2.43. The molecule has 1 saturated heterocycles. The van der Waals surface area contributed by atoms with E-state index in [0.717, 1.165) is 32.6 Å². The Hall–Kier alpha value is -4.32. The van der Waals surface area contributed by atoms with Crippen LogP contribution in [-0.2, 0) is 63.6 Å². The highest BCUT2D eigenvalue weighted by atomic mass is 16.7. The summed E-state index contributed by atoms with van der Waals surface area (Å²) in [5, 5.41) is 19.3. The standard InChI is InChI=1S/C26H38N4O14/c1-13(32)40-18-19(41-14(2)33)21(24(36)39-12-17(23(35)38-7)27-25(37)44-26(4,5)6)43-22(20(18)42-15(3)34)30-11-16(28-29-30)9-8-10-31/h11,17-22,31H,8-10,12H2,1-7H3,(H,27,37)/t17-,18-,19+,20+,21-,22+/m0/s1. The number of methoxy groups -OCH3 is 1. The number of rotatable bonds is 12. The second-order valence-electron chi connectivity index (χ2n) is 10.5. The molecule has 18 nitrogen and oxygen atoms in total. The summed E-state index contributed by atoms with van der Waals surface area (Å²) in [5.41, 5.74) is -0.503. The molecule has 0 radical (unpaired) electrons. The summed E-state index contributed by atoms with van der Waals surface area (Å²) in [7, 11) is 1.05. The first-order valence-corrected chi connectivity index (χ1v) is 13.5. The van der Waals surface area contributed by atoms with Gasteiger partial charge in [0.1, 0.15) is 12.2 Å². The number of aliphatic hydroxyl groups is 1. The van der Waals surface area contributed by atoms with Crippen molar-refractivity contribution in [2.45, 2.75) is 96.7 Å². The van der Waals surface area contributed by atoms with Gasteiger partial charge in [-0.25, -0.2) is 19.1 Å². The van der Waals surface area contributed by atoms with Gasteiger partial charge in [-0.3, -0.25) is 14.4 Å². The molecular weight excluding hydrogens is 592 g/mol. The van der Waals surface area contributed by atoms with Gasteiger partial charge >= 0.3 is 35.9 Å². The van der Waals surface area contributed by atoms with Crippen LogP contribution in [0.4, 0.5) is 4.79 Å². The van der Waals surface area contributed by atoms with Crippen molar-refractivity contribution in [1.29, 1.82) is 0 Å². The monoisotopic (exact) mass is 630 g/mol. The predicted molar refractivity (Wildman–Crippen MR) is 142 cm³/mol. The molecule has 1 aliphatic heterocycles. The third kappa shape index (κ3) is 10.7. The van der Waals surface area contributed by atoms with E-state index in [1.165, 1.54) is 6.20 Å². The number of carbonyl (C=O) groups is 6. The summed E-state index contributed by atoms with van der Waals surface area (Å²) >= 11 is 0. The van der Waals surface area contributed by atoms with E-state index in [-0.39, 0.29) is 6.61 Å². The second kappa shape index (κ2) is 15.9. The molecule has 1 fully saturated rings. The zero-order valence-electron chi connectivity index (χ0n) is 25.5. The van der Waals surface area contributed by atoms with E-state index in [2.05, 4.69) is 20.4 Å². The number of nitrogens with zero attached hydrogens (tertiary/aromatic N) is 3. The summed E-state index contributed by atoms with van der Waals surface area (Å²) in [6.45, 7) is 7.02. The Morgan fingerprint density at radius 3 is 2.14 bits per heavy atom. The summed E-state index contributed by atoms with van der Waals surface area (Å²) in [6.07, 6.45) is -7.08. The molecule has 1 aliphatic rings. The van der Waals surface area contributed by atoms with Crippen molar-refractivity contribution in [3.8, 4) is 0 Å². The zero-order chi connectivity index (χ0) is 33.2. The number of amides is 1. The molecule has 44 heavy (non-hydrogen) atoms. The van der Waals surface area contributed by atoms with Gasteiger partial charge in [0.25, 0.3) is 0 Å². The van der Waals surface area contributed by atoms with Crippen molar-refractivity contribution in [1.82, 2.24) is 20.3 Å². The molecule has 6 atom stereocenters. The number of ether oxygens (including phenoxy) is 7. The lowest BCUT2D eigenvalue weighted by Crippen LogP contribution is -2.62. The van der Waals surface area contributed by atoms with Crippen LogP contribution in [0.3, 0.4) is 0 Å². The maximum Gasteiger partial charge on any atom is 0.408 e. The van der Waals surface area contributed by atoms with Crippen molar-refractivity contribution in [3.63, 3.8) is 0 Å². The fourth-order valence-corrected chi connectivity index (χ4v) is 4.01. The molecule has 0 unspecified atom stereocenters. The first-order valence-electron chi connectivity index (χ1n) is 13.5. The molecule has 2 heterocycles. The van der Waals surface area contributed by atoms with Crippen LogP contribution in [0.1, 0.15) is 59.9 Å². The molecule has 0 spiro atoms. The SMILES string of the molecule is COC(=O)[C@H](COC(=O)[C@H]1O[C@@H](n2cc(CCCO)nn2)[C@H](OC(C)=O)[C@@H](OC(C)=O)[C@H]1OC(C)=O)NC(=O)OC(C)(C)C. The number of aryl methyl sites for hydroxylation is 1. The van der Waals surface area contributed by atoms with Crippen LogP contribution in [-0.4, -0.2) is 112 Å². The highest BCUT2D eigenvalue weighted by Crippen LogP contribution is 2.35. The van der Waals surface area contributed by atoms with Gasteiger partial charge < -0.3 is 43.6 Å². The molecule has 1 amide bonds. The molecule has 18 heteroatoms. The Labute approximate surface area is 252 Å². The molecule has 0 aliphatic carbocycles. The van der Waals surface area contributed by atoms with Gasteiger partial charge in [0.2, 0.25) is 0 Å². The van der Waals surface area contributed by atoms with E-state index >= 15 is 0 Å². The summed E-state index contributed by atoms with van der Waals surface area (Å²) in [4.78, 5) is 74.3. The minimum atomic E-state index is -1.84. The molecule has 2 rings (SSSR count). The Morgan fingerprint density at radius 2 is 1.59 bits per heavy atom. The average Bonchev–Trinajstić information content (AvgIpc) is 3.38. The number of aromatic nitrogens is 3. The van der Waals surface area contributed by atoms with Crippen molar-refractivity contribution in [2.75, 3.05) is 20.3 Å². The minimum absolute atomic E-state index is 0.120. The Bertz CT molecular complexity index is 1200. The van der Waals surface area contributed by atoms with Gasteiger partial charge in [0.05, 0.1) is 19.0 Å². The third-order valence-corrected chi connectivity index (χ3v) is 5.63. The number of hydrogen-bond acceptors (Lipinski definition) is 16. The van der Waals surface area contributed by atoms with Crippen LogP contribution in [0.2, 0.25) is 0 Å². The van der Waals surface area contributed by atoms with Crippen molar-refractivity contribution >= 4 is 35.9 Å². The zero-order valence-corrected chi connectivity index (χ0v) is 25.5. The smallest absolute Gasteiger partial charge is 0.408 e. The Balaban J connectivity index is 2.46. The fourth-order valence-electron chi connectivity index (χ4n) is 4.01. The molecule has 2 N–H and O–H groups in total. The minimum Gasteiger partial charge on any atom is -0.467 e. The molecule has 0 aromatic carbocycles. The molecular formula is C26H38N4O14. The van der Waals surface area contributed by atoms with Crippen LogP contribution >= 0.6 is 0 Å². The fraction of sp³-hybridized carbons (Fsp3) is 0.692. The van der Waals surface area contributed by atoms with Gasteiger partial charge in [0.15, 0.2) is 36.7 Å². The Kier molecular flexibility index (Phi) is 13.0.